The molecule has 2 nitrogen and oxygen atoms in total. The fourth-order valence-electron chi connectivity index (χ4n) is 3.34. The van der Waals surface area contributed by atoms with Crippen LogP contribution >= 0.6 is 0 Å². The molecule has 0 bridgehead atoms. The Bertz CT molecular complexity index is 438. The number of hydrogen-bond donors (Lipinski definition) is 1. The molecule has 0 amide bonds. The van der Waals surface area contributed by atoms with Crippen molar-refractivity contribution in [2.24, 2.45) is 5.73 Å². The third-order valence-electron chi connectivity index (χ3n) is 4.25. The highest BCUT2D eigenvalue weighted by molar-refractivity contribution is 5.61. The van der Waals surface area contributed by atoms with Gasteiger partial charge in [-0.25, -0.2) is 0 Å². The molecular formula is C16H22N2. The van der Waals surface area contributed by atoms with Gasteiger partial charge < -0.3 is 10.6 Å². The molecule has 0 radical (unpaired) electrons. The second kappa shape index (κ2) is 5.15. The van der Waals surface area contributed by atoms with Gasteiger partial charge in [0.05, 0.1) is 0 Å². The highest BCUT2D eigenvalue weighted by Crippen LogP contribution is 2.40. The zero-order chi connectivity index (χ0) is 12.4. The first-order valence-electron chi connectivity index (χ1n) is 7.12. The molecule has 3 rings (SSSR count). The second-order valence-corrected chi connectivity index (χ2v) is 5.41. The average molecular weight is 242 g/mol. The molecule has 0 aromatic heterocycles. The summed E-state index contributed by atoms with van der Waals surface area (Å²) in [4.78, 5) is 2.59. The molecule has 2 unspecified atom stereocenters. The maximum atomic E-state index is 5.76. The van der Waals surface area contributed by atoms with Crippen molar-refractivity contribution < 1.29 is 0 Å². The first-order chi connectivity index (χ1) is 8.90. The molecule has 2 atom stereocenters. The van der Waals surface area contributed by atoms with Crippen molar-refractivity contribution in [2.75, 3.05) is 18.0 Å². The summed E-state index contributed by atoms with van der Waals surface area (Å²) in [5, 5.41) is 0. The van der Waals surface area contributed by atoms with E-state index in [2.05, 4.69) is 41.3 Å². The molecule has 1 aromatic rings. The van der Waals surface area contributed by atoms with E-state index in [-0.39, 0.29) is 0 Å². The Kier molecular flexibility index (Phi) is 3.37. The van der Waals surface area contributed by atoms with Gasteiger partial charge in [-0.05, 0) is 43.9 Å². The molecule has 1 aliphatic carbocycles. The van der Waals surface area contributed by atoms with Gasteiger partial charge >= 0.3 is 0 Å². The largest absolute Gasteiger partial charge is 0.364 e. The van der Waals surface area contributed by atoms with Crippen LogP contribution < -0.4 is 10.6 Å². The third kappa shape index (κ3) is 2.05. The number of para-hydroxylation sites is 1. The van der Waals surface area contributed by atoms with Crippen molar-refractivity contribution in [3.63, 3.8) is 0 Å². The van der Waals surface area contributed by atoms with Crippen molar-refractivity contribution in [2.45, 2.75) is 37.6 Å². The molecule has 2 aliphatic rings. The van der Waals surface area contributed by atoms with Crippen LogP contribution in [0.25, 0.3) is 0 Å². The van der Waals surface area contributed by atoms with Crippen LogP contribution in [0.15, 0.2) is 36.4 Å². The summed E-state index contributed by atoms with van der Waals surface area (Å²) in [6, 6.07) is 9.46. The van der Waals surface area contributed by atoms with E-state index in [9.17, 15) is 0 Å². The van der Waals surface area contributed by atoms with Crippen molar-refractivity contribution in [3.8, 4) is 0 Å². The van der Waals surface area contributed by atoms with E-state index in [0.717, 1.165) is 19.5 Å². The lowest BCUT2D eigenvalue weighted by Crippen LogP contribution is -2.34. The van der Waals surface area contributed by atoms with Crippen LogP contribution in [0.4, 0.5) is 5.69 Å². The summed E-state index contributed by atoms with van der Waals surface area (Å²) in [7, 11) is 0. The topological polar surface area (TPSA) is 29.3 Å². The molecule has 2 heteroatoms. The number of anilines is 1. The highest BCUT2D eigenvalue weighted by Gasteiger charge is 2.31. The van der Waals surface area contributed by atoms with Gasteiger partial charge in [-0.2, -0.15) is 0 Å². The van der Waals surface area contributed by atoms with Crippen molar-refractivity contribution >= 4 is 5.69 Å². The number of nitrogens with two attached hydrogens (primary N) is 1. The van der Waals surface area contributed by atoms with Gasteiger partial charge in [0.25, 0.3) is 0 Å². The van der Waals surface area contributed by atoms with Crippen LogP contribution in [0.1, 0.15) is 37.2 Å². The van der Waals surface area contributed by atoms with Gasteiger partial charge in [-0.1, -0.05) is 30.4 Å². The lowest BCUT2D eigenvalue weighted by Gasteiger charge is -2.30. The molecule has 0 spiro atoms. The molecule has 1 aromatic carbocycles. The monoisotopic (exact) mass is 242 g/mol. The third-order valence-corrected chi connectivity index (χ3v) is 4.25. The number of nitrogens with zero attached hydrogens (tertiary/aromatic N) is 1. The molecular weight excluding hydrogens is 220 g/mol. The zero-order valence-corrected chi connectivity index (χ0v) is 10.9. The Morgan fingerprint density at radius 3 is 2.94 bits per heavy atom. The van der Waals surface area contributed by atoms with Gasteiger partial charge in [0, 0.05) is 24.2 Å². The molecule has 0 saturated carbocycles. The van der Waals surface area contributed by atoms with Crippen LogP contribution in [-0.4, -0.2) is 19.1 Å². The van der Waals surface area contributed by atoms with Gasteiger partial charge in [0.2, 0.25) is 0 Å². The second-order valence-electron chi connectivity index (χ2n) is 5.41. The summed E-state index contributed by atoms with van der Waals surface area (Å²) in [6.07, 6.45) is 9.70. The summed E-state index contributed by atoms with van der Waals surface area (Å²) in [5.74, 6) is 0.626. The van der Waals surface area contributed by atoms with Crippen LogP contribution in [0.3, 0.4) is 0 Å². The van der Waals surface area contributed by atoms with E-state index in [1.54, 1.807) is 0 Å². The first kappa shape index (κ1) is 11.8. The fourth-order valence-corrected chi connectivity index (χ4v) is 3.34. The van der Waals surface area contributed by atoms with E-state index in [0.29, 0.717) is 12.0 Å². The summed E-state index contributed by atoms with van der Waals surface area (Å²) in [6.45, 7) is 1.93. The Hall–Kier alpha value is -1.28. The lowest BCUT2D eigenvalue weighted by molar-refractivity contribution is 0.566. The smallest absolute Gasteiger partial charge is 0.0473 e. The van der Waals surface area contributed by atoms with E-state index in [1.165, 1.54) is 30.5 Å². The Morgan fingerprint density at radius 1 is 1.28 bits per heavy atom. The van der Waals surface area contributed by atoms with Crippen molar-refractivity contribution in [1.29, 1.82) is 0 Å². The zero-order valence-electron chi connectivity index (χ0n) is 10.9. The molecule has 1 aliphatic heterocycles. The van der Waals surface area contributed by atoms with Gasteiger partial charge in [0.1, 0.15) is 0 Å². The molecule has 0 saturated heterocycles. The SMILES string of the molecule is NCCC1CN(C2C=CCCC2)c2ccccc21. The predicted octanol–water partition coefficient (Wildman–Crippen LogP) is 3.05. The predicted molar refractivity (Wildman–Crippen MR) is 77.0 cm³/mol. The minimum atomic E-state index is 0.600. The van der Waals surface area contributed by atoms with Crippen LogP contribution in [-0.2, 0) is 0 Å². The minimum absolute atomic E-state index is 0.600. The summed E-state index contributed by atoms with van der Waals surface area (Å²) in [5.41, 5.74) is 8.70. The number of benzene rings is 1. The van der Waals surface area contributed by atoms with E-state index in [4.69, 9.17) is 5.73 Å². The van der Waals surface area contributed by atoms with E-state index in [1.807, 2.05) is 0 Å². The Balaban J connectivity index is 1.89. The van der Waals surface area contributed by atoms with Crippen LogP contribution in [0.5, 0.6) is 0 Å². The highest BCUT2D eigenvalue weighted by atomic mass is 15.2. The molecule has 18 heavy (non-hydrogen) atoms. The van der Waals surface area contributed by atoms with E-state index < -0.39 is 0 Å². The number of fused-ring (bicyclic) bond motifs is 1. The average Bonchev–Trinajstić information content (AvgIpc) is 2.80. The molecule has 96 valence electrons. The maximum Gasteiger partial charge on any atom is 0.0473 e. The Labute approximate surface area is 109 Å². The first-order valence-corrected chi connectivity index (χ1v) is 7.12. The van der Waals surface area contributed by atoms with Crippen LogP contribution in [0, 0.1) is 0 Å². The van der Waals surface area contributed by atoms with Crippen molar-refractivity contribution in [1.82, 2.24) is 0 Å². The summed E-state index contributed by atoms with van der Waals surface area (Å²) >= 11 is 0. The Morgan fingerprint density at radius 2 is 2.17 bits per heavy atom. The molecule has 2 N–H and O–H groups in total. The molecule has 0 fully saturated rings. The van der Waals surface area contributed by atoms with Gasteiger partial charge in [-0.15, -0.1) is 0 Å². The number of allylic oxidation sites excluding steroid dienone is 1. The molecule has 1 heterocycles. The number of hydrogen-bond acceptors (Lipinski definition) is 2. The quantitative estimate of drug-likeness (QED) is 0.825. The maximum absolute atomic E-state index is 5.76. The normalized spacial score (nSPS) is 26.4. The van der Waals surface area contributed by atoms with Gasteiger partial charge in [-0.3, -0.25) is 0 Å². The van der Waals surface area contributed by atoms with Crippen molar-refractivity contribution in [3.05, 3.63) is 42.0 Å². The fraction of sp³-hybridized carbons (Fsp3) is 0.500. The minimum Gasteiger partial charge on any atom is -0.364 e. The lowest BCUT2D eigenvalue weighted by atomic mass is 9.98. The standard InChI is InChI=1S/C16H22N2/c17-11-10-13-12-18(14-6-2-1-3-7-14)16-9-5-4-8-15(13)16/h2,4-6,8-9,13-14H,1,3,7,10-12,17H2. The van der Waals surface area contributed by atoms with E-state index >= 15 is 0 Å². The van der Waals surface area contributed by atoms with Gasteiger partial charge in [0.15, 0.2) is 0 Å². The number of rotatable bonds is 3. The summed E-state index contributed by atoms with van der Waals surface area (Å²) < 4.78 is 0. The van der Waals surface area contributed by atoms with Crippen LogP contribution in [0.2, 0.25) is 0 Å².